The van der Waals surface area contributed by atoms with Crippen LogP contribution in [-0.4, -0.2) is 40.9 Å². The molecule has 0 spiro atoms. The highest BCUT2D eigenvalue weighted by atomic mass is 15.4. The molecule has 2 heterocycles. The summed E-state index contributed by atoms with van der Waals surface area (Å²) in [5.41, 5.74) is 1.14. The number of rotatable bonds is 3. The van der Waals surface area contributed by atoms with E-state index in [9.17, 15) is 0 Å². The average Bonchev–Trinajstić information content (AvgIpc) is 2.93. The van der Waals surface area contributed by atoms with E-state index < -0.39 is 0 Å². The van der Waals surface area contributed by atoms with E-state index in [4.69, 9.17) is 0 Å². The van der Waals surface area contributed by atoms with Crippen LogP contribution in [0.1, 0.15) is 12.7 Å². The third-order valence-corrected chi connectivity index (χ3v) is 3.44. The molecule has 1 N–H and O–H groups in total. The van der Waals surface area contributed by atoms with Crippen LogP contribution in [-0.2, 0) is 6.42 Å². The molecule has 0 aliphatic carbocycles. The first kappa shape index (κ1) is 12.2. The fraction of sp³-hybridized carbons (Fsp3) is 0.429. The van der Waals surface area contributed by atoms with Crippen molar-refractivity contribution < 1.29 is 0 Å². The first-order valence-corrected chi connectivity index (χ1v) is 6.85. The molecule has 0 amide bonds. The minimum atomic E-state index is 0.883. The van der Waals surface area contributed by atoms with E-state index >= 15 is 0 Å². The van der Waals surface area contributed by atoms with Gasteiger partial charge in [-0.15, -0.1) is 10.2 Å². The van der Waals surface area contributed by atoms with Gasteiger partial charge in [-0.1, -0.05) is 25.1 Å². The standard InChI is InChI=1S/C14H19N5/c1-2-13-16-17-14(18-10-8-15-9-11-18)19(13)12-6-4-3-5-7-12/h3-7,15H,2,8-11H2,1H3. The highest BCUT2D eigenvalue weighted by Gasteiger charge is 2.19. The van der Waals surface area contributed by atoms with Crippen molar-refractivity contribution in [3.8, 4) is 5.69 Å². The van der Waals surface area contributed by atoms with Crippen molar-refractivity contribution in [1.82, 2.24) is 20.1 Å². The summed E-state index contributed by atoms with van der Waals surface area (Å²) in [5, 5.41) is 12.1. The third kappa shape index (κ3) is 2.33. The monoisotopic (exact) mass is 257 g/mol. The summed E-state index contributed by atoms with van der Waals surface area (Å²) in [6, 6.07) is 10.3. The fourth-order valence-corrected chi connectivity index (χ4v) is 2.45. The SMILES string of the molecule is CCc1nnc(N2CCNCC2)n1-c1ccccc1. The summed E-state index contributed by atoms with van der Waals surface area (Å²) >= 11 is 0. The zero-order valence-electron chi connectivity index (χ0n) is 11.2. The van der Waals surface area contributed by atoms with E-state index in [0.717, 1.165) is 50.1 Å². The molecular formula is C14H19N5. The highest BCUT2D eigenvalue weighted by molar-refractivity contribution is 5.44. The minimum absolute atomic E-state index is 0.883. The molecule has 5 nitrogen and oxygen atoms in total. The van der Waals surface area contributed by atoms with Crippen molar-refractivity contribution >= 4 is 5.95 Å². The Balaban J connectivity index is 2.03. The number of piperazine rings is 1. The van der Waals surface area contributed by atoms with Crippen molar-refractivity contribution in [2.75, 3.05) is 31.1 Å². The van der Waals surface area contributed by atoms with Crippen molar-refractivity contribution in [3.05, 3.63) is 36.2 Å². The van der Waals surface area contributed by atoms with Gasteiger partial charge in [-0.25, -0.2) is 0 Å². The van der Waals surface area contributed by atoms with Crippen LogP contribution in [0.25, 0.3) is 5.69 Å². The molecule has 0 saturated carbocycles. The maximum atomic E-state index is 4.40. The molecule has 19 heavy (non-hydrogen) atoms. The number of anilines is 1. The zero-order valence-corrected chi connectivity index (χ0v) is 11.2. The maximum absolute atomic E-state index is 4.40. The molecule has 1 aliphatic heterocycles. The van der Waals surface area contributed by atoms with Gasteiger partial charge in [0.05, 0.1) is 5.69 Å². The Labute approximate surface area is 113 Å². The molecule has 3 rings (SSSR count). The largest absolute Gasteiger partial charge is 0.338 e. The van der Waals surface area contributed by atoms with E-state index in [1.54, 1.807) is 0 Å². The van der Waals surface area contributed by atoms with Gasteiger partial charge in [0.25, 0.3) is 0 Å². The lowest BCUT2D eigenvalue weighted by Gasteiger charge is -2.28. The molecule has 0 radical (unpaired) electrons. The van der Waals surface area contributed by atoms with Crippen LogP contribution in [0, 0.1) is 0 Å². The van der Waals surface area contributed by atoms with Crippen LogP contribution >= 0.6 is 0 Å². The molecule has 1 aromatic carbocycles. The number of aryl methyl sites for hydroxylation is 1. The summed E-state index contributed by atoms with van der Waals surface area (Å²) in [7, 11) is 0. The van der Waals surface area contributed by atoms with Crippen molar-refractivity contribution in [2.45, 2.75) is 13.3 Å². The molecule has 1 fully saturated rings. The van der Waals surface area contributed by atoms with E-state index in [0.29, 0.717) is 0 Å². The van der Waals surface area contributed by atoms with Crippen molar-refractivity contribution in [1.29, 1.82) is 0 Å². The minimum Gasteiger partial charge on any atom is -0.338 e. The molecular weight excluding hydrogens is 238 g/mol. The summed E-state index contributed by atoms with van der Waals surface area (Å²) < 4.78 is 2.17. The lowest BCUT2D eigenvalue weighted by Crippen LogP contribution is -2.44. The normalized spacial score (nSPS) is 15.7. The van der Waals surface area contributed by atoms with Gasteiger partial charge in [0.1, 0.15) is 5.82 Å². The Morgan fingerprint density at radius 1 is 1.11 bits per heavy atom. The second-order valence-corrected chi connectivity index (χ2v) is 4.68. The predicted molar refractivity (Wildman–Crippen MR) is 75.8 cm³/mol. The number of hydrogen-bond acceptors (Lipinski definition) is 4. The van der Waals surface area contributed by atoms with Gasteiger partial charge in [0.15, 0.2) is 0 Å². The smallest absolute Gasteiger partial charge is 0.231 e. The average molecular weight is 257 g/mol. The molecule has 2 aromatic rings. The van der Waals surface area contributed by atoms with E-state index in [2.05, 4.69) is 56.2 Å². The predicted octanol–water partition coefficient (Wildman–Crippen LogP) is 1.24. The lowest BCUT2D eigenvalue weighted by atomic mass is 10.3. The van der Waals surface area contributed by atoms with Crippen molar-refractivity contribution in [3.63, 3.8) is 0 Å². The maximum Gasteiger partial charge on any atom is 0.231 e. The molecule has 1 aliphatic rings. The Morgan fingerprint density at radius 2 is 1.84 bits per heavy atom. The zero-order chi connectivity index (χ0) is 13.1. The van der Waals surface area contributed by atoms with E-state index in [1.165, 1.54) is 0 Å². The number of nitrogens with zero attached hydrogens (tertiary/aromatic N) is 4. The van der Waals surface area contributed by atoms with Gasteiger partial charge in [-0.3, -0.25) is 4.57 Å². The molecule has 0 atom stereocenters. The molecule has 1 aromatic heterocycles. The second kappa shape index (κ2) is 5.40. The summed E-state index contributed by atoms with van der Waals surface area (Å²) in [5.74, 6) is 1.98. The summed E-state index contributed by atoms with van der Waals surface area (Å²) in [6.45, 7) is 6.08. The van der Waals surface area contributed by atoms with Crippen LogP contribution < -0.4 is 10.2 Å². The molecule has 0 bridgehead atoms. The Hall–Kier alpha value is -1.88. The van der Waals surface area contributed by atoms with Crippen molar-refractivity contribution in [2.24, 2.45) is 0 Å². The number of para-hydroxylation sites is 1. The number of benzene rings is 1. The van der Waals surface area contributed by atoms with Crippen LogP contribution in [0.5, 0.6) is 0 Å². The van der Waals surface area contributed by atoms with Crippen LogP contribution in [0.15, 0.2) is 30.3 Å². The highest BCUT2D eigenvalue weighted by Crippen LogP contribution is 2.20. The Kier molecular flexibility index (Phi) is 3.46. The number of aromatic nitrogens is 3. The van der Waals surface area contributed by atoms with Gasteiger partial charge >= 0.3 is 0 Å². The van der Waals surface area contributed by atoms with E-state index in [1.807, 2.05) is 6.07 Å². The molecule has 5 heteroatoms. The van der Waals surface area contributed by atoms with Gasteiger partial charge in [0.2, 0.25) is 5.95 Å². The fourth-order valence-electron chi connectivity index (χ4n) is 2.45. The third-order valence-electron chi connectivity index (χ3n) is 3.44. The molecule has 1 saturated heterocycles. The van der Waals surface area contributed by atoms with Gasteiger partial charge in [-0.05, 0) is 12.1 Å². The van der Waals surface area contributed by atoms with Gasteiger partial charge in [0, 0.05) is 32.6 Å². The van der Waals surface area contributed by atoms with Gasteiger partial charge in [-0.2, -0.15) is 0 Å². The second-order valence-electron chi connectivity index (χ2n) is 4.68. The quantitative estimate of drug-likeness (QED) is 0.898. The topological polar surface area (TPSA) is 46.0 Å². The summed E-state index contributed by atoms with van der Waals surface area (Å²) in [6.07, 6.45) is 0.883. The molecule has 0 unspecified atom stereocenters. The molecule has 100 valence electrons. The van der Waals surface area contributed by atoms with Gasteiger partial charge < -0.3 is 10.2 Å². The summed E-state index contributed by atoms with van der Waals surface area (Å²) in [4.78, 5) is 2.30. The van der Waals surface area contributed by atoms with Crippen LogP contribution in [0.3, 0.4) is 0 Å². The first-order chi connectivity index (χ1) is 9.40. The van der Waals surface area contributed by atoms with E-state index in [-0.39, 0.29) is 0 Å². The number of hydrogen-bond donors (Lipinski definition) is 1. The Bertz CT molecular complexity index is 528. The Morgan fingerprint density at radius 3 is 2.53 bits per heavy atom. The van der Waals surface area contributed by atoms with Crippen LogP contribution in [0.4, 0.5) is 5.95 Å². The first-order valence-electron chi connectivity index (χ1n) is 6.85. The van der Waals surface area contributed by atoms with Crippen LogP contribution in [0.2, 0.25) is 0 Å². The number of nitrogens with one attached hydrogen (secondary N) is 1. The lowest BCUT2D eigenvalue weighted by molar-refractivity contribution is 0.576.